The van der Waals surface area contributed by atoms with Crippen LogP contribution >= 0.6 is 0 Å². The molecule has 0 heterocycles. The molecule has 0 rings (SSSR count). The number of allylic oxidation sites excluding steroid dienone is 9. The van der Waals surface area contributed by atoms with Crippen molar-refractivity contribution in [3.63, 3.8) is 0 Å². The molecular formula is C17H24. The SMILES string of the molecule is C=CC(=C\C)/C(C)=C(\C)C=C(C(=C)C)C(=C)C. The van der Waals surface area contributed by atoms with Crippen molar-refractivity contribution in [3.8, 4) is 0 Å². The molecule has 0 heteroatoms. The molecule has 0 aromatic rings. The number of rotatable bonds is 5. The van der Waals surface area contributed by atoms with Crippen LogP contribution in [0.25, 0.3) is 0 Å². The minimum atomic E-state index is 1.05. The van der Waals surface area contributed by atoms with E-state index in [4.69, 9.17) is 0 Å². The van der Waals surface area contributed by atoms with Gasteiger partial charge in [0.15, 0.2) is 0 Å². The van der Waals surface area contributed by atoms with E-state index in [0.717, 1.165) is 16.7 Å². The van der Waals surface area contributed by atoms with Crippen molar-refractivity contribution in [2.75, 3.05) is 0 Å². The lowest BCUT2D eigenvalue weighted by Gasteiger charge is -2.10. The molecule has 92 valence electrons. The van der Waals surface area contributed by atoms with Gasteiger partial charge >= 0.3 is 0 Å². The molecule has 0 saturated heterocycles. The first kappa shape index (κ1) is 15.4. The zero-order valence-corrected chi connectivity index (χ0v) is 11.9. The van der Waals surface area contributed by atoms with Gasteiger partial charge in [0.05, 0.1) is 0 Å². The molecule has 0 spiro atoms. The Morgan fingerprint density at radius 3 is 1.71 bits per heavy atom. The third-order valence-corrected chi connectivity index (χ3v) is 2.84. The van der Waals surface area contributed by atoms with Crippen LogP contribution in [0.2, 0.25) is 0 Å². The zero-order valence-electron chi connectivity index (χ0n) is 11.9. The molecule has 0 amide bonds. The molecular weight excluding hydrogens is 204 g/mol. The van der Waals surface area contributed by atoms with Crippen LogP contribution in [0.1, 0.15) is 34.6 Å². The van der Waals surface area contributed by atoms with Crippen molar-refractivity contribution >= 4 is 0 Å². The summed E-state index contributed by atoms with van der Waals surface area (Å²) < 4.78 is 0. The normalized spacial score (nSPS) is 12.6. The van der Waals surface area contributed by atoms with E-state index in [0.29, 0.717) is 0 Å². The monoisotopic (exact) mass is 228 g/mol. The molecule has 0 aromatic carbocycles. The van der Waals surface area contributed by atoms with Gasteiger partial charge in [-0.05, 0) is 56.9 Å². The first-order chi connectivity index (χ1) is 7.84. The van der Waals surface area contributed by atoms with Crippen molar-refractivity contribution < 1.29 is 0 Å². The van der Waals surface area contributed by atoms with Gasteiger partial charge in [0, 0.05) is 0 Å². The smallest absolute Gasteiger partial charge is 0.0207 e. The Hall–Kier alpha value is -1.56. The lowest BCUT2D eigenvalue weighted by Crippen LogP contribution is -1.90. The average molecular weight is 228 g/mol. The highest BCUT2D eigenvalue weighted by molar-refractivity contribution is 5.50. The van der Waals surface area contributed by atoms with E-state index in [9.17, 15) is 0 Å². The Labute approximate surface area is 106 Å². The maximum atomic E-state index is 3.99. The Bertz CT molecular complexity index is 407. The molecule has 0 aliphatic carbocycles. The van der Waals surface area contributed by atoms with Gasteiger partial charge in [-0.2, -0.15) is 0 Å². The van der Waals surface area contributed by atoms with E-state index in [1.165, 1.54) is 16.7 Å². The maximum absolute atomic E-state index is 3.99. The average Bonchev–Trinajstić information content (AvgIpc) is 2.25. The zero-order chi connectivity index (χ0) is 13.6. The molecule has 0 aliphatic heterocycles. The summed E-state index contributed by atoms with van der Waals surface area (Å²) in [6.45, 7) is 22.1. The molecule has 17 heavy (non-hydrogen) atoms. The topological polar surface area (TPSA) is 0 Å². The van der Waals surface area contributed by atoms with Crippen molar-refractivity contribution in [1.82, 2.24) is 0 Å². The lowest BCUT2D eigenvalue weighted by molar-refractivity contribution is 1.27. The molecule has 0 bridgehead atoms. The van der Waals surface area contributed by atoms with E-state index in [-0.39, 0.29) is 0 Å². The molecule has 0 fully saturated rings. The van der Waals surface area contributed by atoms with Crippen LogP contribution in [-0.2, 0) is 0 Å². The summed E-state index contributed by atoms with van der Waals surface area (Å²) in [6, 6.07) is 0. The highest BCUT2D eigenvalue weighted by atomic mass is 14.1. The van der Waals surface area contributed by atoms with Gasteiger partial charge in [-0.3, -0.25) is 0 Å². The van der Waals surface area contributed by atoms with Gasteiger partial charge in [0.1, 0.15) is 0 Å². The quantitative estimate of drug-likeness (QED) is 0.542. The van der Waals surface area contributed by atoms with Gasteiger partial charge in [-0.1, -0.05) is 49.1 Å². The number of hydrogen-bond donors (Lipinski definition) is 0. The Morgan fingerprint density at radius 2 is 1.41 bits per heavy atom. The summed E-state index contributed by atoms with van der Waals surface area (Å²) in [5.74, 6) is 0. The van der Waals surface area contributed by atoms with E-state index in [2.05, 4.69) is 45.7 Å². The summed E-state index contributed by atoms with van der Waals surface area (Å²) in [5, 5.41) is 0. The third kappa shape index (κ3) is 4.44. The lowest BCUT2D eigenvalue weighted by atomic mass is 9.96. The largest absolute Gasteiger partial charge is 0.0985 e. The number of hydrogen-bond acceptors (Lipinski definition) is 0. The Kier molecular flexibility index (Phi) is 6.27. The van der Waals surface area contributed by atoms with Crippen LogP contribution < -0.4 is 0 Å². The van der Waals surface area contributed by atoms with Gasteiger partial charge in [0.2, 0.25) is 0 Å². The molecule has 0 unspecified atom stereocenters. The minimum Gasteiger partial charge on any atom is -0.0985 e. The van der Waals surface area contributed by atoms with Crippen molar-refractivity contribution in [2.24, 2.45) is 0 Å². The molecule has 0 aromatic heterocycles. The first-order valence-corrected chi connectivity index (χ1v) is 5.85. The predicted molar refractivity (Wildman–Crippen MR) is 80.0 cm³/mol. The van der Waals surface area contributed by atoms with Gasteiger partial charge < -0.3 is 0 Å². The molecule has 0 radical (unpaired) electrons. The fraction of sp³-hybridized carbons (Fsp3) is 0.294. The predicted octanol–water partition coefficient (Wildman–Crippen LogP) is 5.53. The summed E-state index contributed by atoms with van der Waals surface area (Å²) in [7, 11) is 0. The summed E-state index contributed by atoms with van der Waals surface area (Å²) in [6.07, 6.45) is 6.10. The second-order valence-corrected chi connectivity index (χ2v) is 4.37. The molecule has 0 aliphatic rings. The minimum absolute atomic E-state index is 1.05. The van der Waals surface area contributed by atoms with Gasteiger partial charge in [-0.15, -0.1) is 0 Å². The van der Waals surface area contributed by atoms with Crippen LogP contribution in [0.3, 0.4) is 0 Å². The standard InChI is InChI=1S/C17H24/c1-9-16(10-2)15(8)14(7)11-17(12(3)4)13(5)6/h9-11H,1,3,5H2,2,4,6-8H3/b15-14+,16-10+. The highest BCUT2D eigenvalue weighted by Crippen LogP contribution is 2.22. The Balaban J connectivity index is 5.58. The highest BCUT2D eigenvalue weighted by Gasteiger charge is 2.02. The van der Waals surface area contributed by atoms with Crippen LogP contribution in [0, 0.1) is 0 Å². The van der Waals surface area contributed by atoms with Gasteiger partial charge in [-0.25, -0.2) is 0 Å². The molecule has 0 nitrogen and oxygen atoms in total. The van der Waals surface area contributed by atoms with E-state index < -0.39 is 0 Å². The third-order valence-electron chi connectivity index (χ3n) is 2.84. The summed E-state index contributed by atoms with van der Waals surface area (Å²) in [5.41, 5.74) is 6.85. The summed E-state index contributed by atoms with van der Waals surface area (Å²) in [4.78, 5) is 0. The van der Waals surface area contributed by atoms with Crippen molar-refractivity contribution in [2.45, 2.75) is 34.6 Å². The van der Waals surface area contributed by atoms with E-state index >= 15 is 0 Å². The van der Waals surface area contributed by atoms with E-state index in [1.54, 1.807) is 0 Å². The second kappa shape index (κ2) is 6.90. The molecule has 0 N–H and O–H groups in total. The fourth-order valence-electron chi connectivity index (χ4n) is 1.65. The van der Waals surface area contributed by atoms with Crippen molar-refractivity contribution in [1.29, 1.82) is 0 Å². The Morgan fingerprint density at radius 1 is 0.941 bits per heavy atom. The van der Waals surface area contributed by atoms with Crippen molar-refractivity contribution in [3.05, 3.63) is 71.4 Å². The fourth-order valence-corrected chi connectivity index (χ4v) is 1.65. The van der Waals surface area contributed by atoms with Crippen LogP contribution in [0.15, 0.2) is 71.4 Å². The molecule has 0 saturated carbocycles. The maximum Gasteiger partial charge on any atom is -0.0207 e. The molecule has 0 atom stereocenters. The van der Waals surface area contributed by atoms with Crippen LogP contribution in [-0.4, -0.2) is 0 Å². The van der Waals surface area contributed by atoms with Crippen LogP contribution in [0.5, 0.6) is 0 Å². The van der Waals surface area contributed by atoms with E-state index in [1.807, 2.05) is 26.8 Å². The summed E-state index contributed by atoms with van der Waals surface area (Å²) >= 11 is 0. The van der Waals surface area contributed by atoms with Crippen LogP contribution in [0.4, 0.5) is 0 Å². The first-order valence-electron chi connectivity index (χ1n) is 5.85. The van der Waals surface area contributed by atoms with Gasteiger partial charge in [0.25, 0.3) is 0 Å². The second-order valence-electron chi connectivity index (χ2n) is 4.37.